The van der Waals surface area contributed by atoms with Crippen molar-refractivity contribution in [2.24, 2.45) is 0 Å². The highest BCUT2D eigenvalue weighted by atomic mass is 16.2. The van der Waals surface area contributed by atoms with E-state index in [1.54, 1.807) is 4.90 Å². The molecule has 0 aromatic heterocycles. The van der Waals surface area contributed by atoms with Gasteiger partial charge in [0.15, 0.2) is 0 Å². The van der Waals surface area contributed by atoms with E-state index < -0.39 is 0 Å². The lowest BCUT2D eigenvalue weighted by atomic mass is 10.2. The number of rotatable bonds is 2. The molecule has 1 fully saturated rings. The Hall–Kier alpha value is -1.15. The van der Waals surface area contributed by atoms with E-state index in [4.69, 9.17) is 5.53 Å². The Morgan fingerprint density at radius 2 is 2.58 bits per heavy atom. The van der Waals surface area contributed by atoms with Crippen LogP contribution in [0.2, 0.25) is 0 Å². The normalized spacial score (nSPS) is 22.1. The van der Waals surface area contributed by atoms with Crippen LogP contribution >= 0.6 is 0 Å². The van der Waals surface area contributed by atoms with E-state index in [1.807, 2.05) is 0 Å². The van der Waals surface area contributed by atoms with Gasteiger partial charge in [0.05, 0.1) is 0 Å². The molecule has 0 saturated carbocycles. The molecule has 0 spiro atoms. The minimum atomic E-state index is -0.179. The van der Waals surface area contributed by atoms with E-state index >= 15 is 0 Å². The maximum absolute atomic E-state index is 11.2. The molecule has 0 aromatic rings. The molecule has 1 rings (SSSR count). The summed E-state index contributed by atoms with van der Waals surface area (Å²) in [7, 11) is 0. The van der Waals surface area contributed by atoms with Crippen molar-refractivity contribution in [1.82, 2.24) is 4.90 Å². The smallest absolute Gasteiger partial charge is 0.344 e. The minimum Gasteiger partial charge on any atom is -0.361 e. The van der Waals surface area contributed by atoms with Gasteiger partial charge in [0.25, 0.3) is 0 Å². The summed E-state index contributed by atoms with van der Waals surface area (Å²) >= 11 is 0. The standard InChI is InChI=1S/C8H13N3O/c1-2-7-4-3-5-11(7)8(12)6-10-9/h6-7H,2-5H2,1H3. The van der Waals surface area contributed by atoms with E-state index in [9.17, 15) is 4.79 Å². The zero-order chi connectivity index (χ0) is 8.97. The van der Waals surface area contributed by atoms with Gasteiger partial charge in [-0.2, -0.15) is 4.79 Å². The predicted octanol–water partition coefficient (Wildman–Crippen LogP) is 0.688. The first kappa shape index (κ1) is 8.94. The molecule has 4 heteroatoms. The van der Waals surface area contributed by atoms with E-state index in [-0.39, 0.29) is 5.91 Å². The van der Waals surface area contributed by atoms with Crippen molar-refractivity contribution in [3.8, 4) is 0 Å². The average Bonchev–Trinajstić information content (AvgIpc) is 2.51. The number of carbonyl (C=O) groups excluding carboxylic acids is 1. The molecule has 1 aliphatic heterocycles. The van der Waals surface area contributed by atoms with Crippen LogP contribution in [0.4, 0.5) is 0 Å². The Morgan fingerprint density at radius 3 is 3.17 bits per heavy atom. The highest BCUT2D eigenvalue weighted by Crippen LogP contribution is 2.18. The second-order valence-corrected chi connectivity index (χ2v) is 2.98. The molecule has 66 valence electrons. The summed E-state index contributed by atoms with van der Waals surface area (Å²) in [5, 5.41) is 0. The summed E-state index contributed by atoms with van der Waals surface area (Å²) in [4.78, 5) is 15.7. The van der Waals surface area contributed by atoms with E-state index in [0.717, 1.165) is 32.0 Å². The van der Waals surface area contributed by atoms with Gasteiger partial charge in [-0.25, -0.2) is 0 Å². The Balaban J connectivity index is 2.60. The lowest BCUT2D eigenvalue weighted by Gasteiger charge is -2.19. The largest absolute Gasteiger partial charge is 0.361 e. The molecule has 1 heterocycles. The molecule has 1 unspecified atom stereocenters. The number of nitrogens with zero attached hydrogens (tertiary/aromatic N) is 3. The van der Waals surface area contributed by atoms with Gasteiger partial charge in [-0.3, -0.25) is 4.79 Å². The summed E-state index contributed by atoms with van der Waals surface area (Å²) in [5.41, 5.74) is 8.18. The van der Waals surface area contributed by atoms with E-state index in [0.29, 0.717) is 6.04 Å². The van der Waals surface area contributed by atoms with Crippen LogP contribution in [0.5, 0.6) is 0 Å². The maximum atomic E-state index is 11.2. The van der Waals surface area contributed by atoms with Gasteiger partial charge in [0.1, 0.15) is 0 Å². The molecule has 1 saturated heterocycles. The minimum absolute atomic E-state index is 0.179. The van der Waals surface area contributed by atoms with Crippen molar-refractivity contribution in [2.45, 2.75) is 32.2 Å². The van der Waals surface area contributed by atoms with Crippen molar-refractivity contribution in [1.29, 1.82) is 0 Å². The molecular formula is C8H13N3O. The lowest BCUT2D eigenvalue weighted by Crippen LogP contribution is -2.35. The molecule has 0 aromatic carbocycles. The number of hydrogen-bond donors (Lipinski definition) is 0. The van der Waals surface area contributed by atoms with Crippen LogP contribution in [0.1, 0.15) is 26.2 Å². The lowest BCUT2D eigenvalue weighted by molar-refractivity contribution is -0.128. The first-order valence-electron chi connectivity index (χ1n) is 4.27. The van der Waals surface area contributed by atoms with Crippen LogP contribution in [0.25, 0.3) is 5.53 Å². The second-order valence-electron chi connectivity index (χ2n) is 2.98. The van der Waals surface area contributed by atoms with Gasteiger partial charge >= 0.3 is 12.1 Å². The van der Waals surface area contributed by atoms with Crippen molar-refractivity contribution in [3.63, 3.8) is 0 Å². The average molecular weight is 167 g/mol. The van der Waals surface area contributed by atoms with Crippen LogP contribution < -0.4 is 0 Å². The zero-order valence-electron chi connectivity index (χ0n) is 7.23. The van der Waals surface area contributed by atoms with Crippen LogP contribution in [0.15, 0.2) is 0 Å². The predicted molar refractivity (Wildman–Crippen MR) is 44.7 cm³/mol. The van der Waals surface area contributed by atoms with Crippen LogP contribution in [-0.4, -0.2) is 34.4 Å². The summed E-state index contributed by atoms with van der Waals surface area (Å²) < 4.78 is 0. The third kappa shape index (κ3) is 1.71. The number of hydrogen-bond acceptors (Lipinski definition) is 1. The Kier molecular flexibility index (Phi) is 3.00. The highest BCUT2D eigenvalue weighted by molar-refractivity contribution is 6.23. The summed E-state index contributed by atoms with van der Waals surface area (Å²) in [6, 6.07) is 0.343. The number of carbonyl (C=O) groups is 1. The Bertz CT molecular complexity index is 220. The molecule has 0 N–H and O–H groups in total. The SMILES string of the molecule is CCC1CCCN1C(=O)C=[N+]=[N-]. The van der Waals surface area contributed by atoms with Crippen LogP contribution in [-0.2, 0) is 4.79 Å². The van der Waals surface area contributed by atoms with Gasteiger partial charge in [-0.15, -0.1) is 0 Å². The van der Waals surface area contributed by atoms with Crippen molar-refractivity contribution in [2.75, 3.05) is 6.54 Å². The molecular weight excluding hydrogens is 154 g/mol. The highest BCUT2D eigenvalue weighted by Gasteiger charge is 2.27. The van der Waals surface area contributed by atoms with E-state index in [2.05, 4.69) is 11.7 Å². The second kappa shape index (κ2) is 4.02. The third-order valence-electron chi connectivity index (χ3n) is 2.30. The van der Waals surface area contributed by atoms with Crippen LogP contribution in [0.3, 0.4) is 0 Å². The Morgan fingerprint density at radius 1 is 1.83 bits per heavy atom. The maximum Gasteiger partial charge on any atom is 0.344 e. The van der Waals surface area contributed by atoms with Gasteiger partial charge in [-0.05, 0) is 19.3 Å². The monoisotopic (exact) mass is 167 g/mol. The fourth-order valence-electron chi connectivity index (χ4n) is 1.67. The molecule has 0 radical (unpaired) electrons. The Labute approximate surface area is 71.8 Å². The quantitative estimate of drug-likeness (QED) is 0.339. The van der Waals surface area contributed by atoms with Gasteiger partial charge in [-0.1, -0.05) is 6.92 Å². The number of amides is 1. The summed E-state index contributed by atoms with van der Waals surface area (Å²) in [6.45, 7) is 2.86. The molecule has 1 aliphatic rings. The fraction of sp³-hybridized carbons (Fsp3) is 0.750. The van der Waals surface area contributed by atoms with Gasteiger partial charge in [0.2, 0.25) is 0 Å². The van der Waals surface area contributed by atoms with Gasteiger partial charge < -0.3 is 10.4 Å². The van der Waals surface area contributed by atoms with Crippen molar-refractivity contribution in [3.05, 3.63) is 5.53 Å². The molecule has 0 aliphatic carbocycles. The number of likely N-dealkylation sites (tertiary alicyclic amines) is 1. The first-order valence-corrected chi connectivity index (χ1v) is 4.27. The van der Waals surface area contributed by atoms with Crippen molar-refractivity contribution >= 4 is 12.1 Å². The summed E-state index contributed by atoms with van der Waals surface area (Å²) in [6.07, 6.45) is 4.07. The topological polar surface area (TPSA) is 56.7 Å². The molecule has 0 bridgehead atoms. The van der Waals surface area contributed by atoms with Crippen molar-refractivity contribution < 1.29 is 9.58 Å². The van der Waals surface area contributed by atoms with Crippen LogP contribution in [0, 0.1) is 0 Å². The summed E-state index contributed by atoms with van der Waals surface area (Å²) in [5.74, 6) is -0.179. The molecule has 1 atom stereocenters. The van der Waals surface area contributed by atoms with E-state index in [1.165, 1.54) is 0 Å². The third-order valence-corrected chi connectivity index (χ3v) is 2.30. The fourth-order valence-corrected chi connectivity index (χ4v) is 1.67. The van der Waals surface area contributed by atoms with Gasteiger partial charge in [0, 0.05) is 12.6 Å². The zero-order valence-corrected chi connectivity index (χ0v) is 7.23. The molecule has 1 amide bonds. The first-order chi connectivity index (χ1) is 5.79. The molecule has 4 nitrogen and oxygen atoms in total. The molecule has 12 heavy (non-hydrogen) atoms.